The van der Waals surface area contributed by atoms with Gasteiger partial charge in [0.2, 0.25) is 0 Å². The molecule has 0 radical (unpaired) electrons. The Morgan fingerprint density at radius 1 is 1.00 bits per heavy atom. The Morgan fingerprint density at radius 2 is 1.63 bits per heavy atom. The molecule has 0 saturated heterocycles. The summed E-state index contributed by atoms with van der Waals surface area (Å²) in [6, 6.07) is 16.4. The first-order valence-corrected chi connectivity index (χ1v) is 9.04. The lowest BCUT2D eigenvalue weighted by Gasteiger charge is -2.29. The maximum Gasteiger partial charge on any atom is 0.319 e. The highest BCUT2D eigenvalue weighted by Gasteiger charge is 2.23. The molecule has 0 aliphatic heterocycles. The van der Waals surface area contributed by atoms with Crippen molar-refractivity contribution in [3.63, 3.8) is 0 Å². The van der Waals surface area contributed by atoms with Gasteiger partial charge in [-0.05, 0) is 74.2 Å². The first-order valence-electron chi connectivity index (χ1n) is 9.04. The maximum absolute atomic E-state index is 12.2. The summed E-state index contributed by atoms with van der Waals surface area (Å²) in [5.74, 6) is 1.53. The van der Waals surface area contributed by atoms with Crippen molar-refractivity contribution >= 4 is 11.7 Å². The van der Waals surface area contributed by atoms with Gasteiger partial charge in [-0.2, -0.15) is 5.26 Å². The van der Waals surface area contributed by atoms with Crippen LogP contribution < -0.4 is 20.1 Å². The Bertz CT molecular complexity index is 789. The van der Waals surface area contributed by atoms with Gasteiger partial charge in [0.25, 0.3) is 0 Å². The van der Waals surface area contributed by atoms with Crippen molar-refractivity contribution in [3.05, 3.63) is 54.1 Å². The molecule has 0 heterocycles. The third kappa shape index (κ3) is 5.38. The van der Waals surface area contributed by atoms with Crippen molar-refractivity contribution in [2.75, 3.05) is 12.4 Å². The molecule has 6 heteroatoms. The summed E-state index contributed by atoms with van der Waals surface area (Å²) in [4.78, 5) is 12.2. The van der Waals surface area contributed by atoms with Gasteiger partial charge in [0.05, 0.1) is 24.8 Å². The number of rotatable bonds is 5. The lowest BCUT2D eigenvalue weighted by molar-refractivity contribution is 0.141. The highest BCUT2D eigenvalue weighted by molar-refractivity contribution is 5.89. The van der Waals surface area contributed by atoms with Gasteiger partial charge in [0, 0.05) is 11.7 Å². The first-order chi connectivity index (χ1) is 13.2. The lowest BCUT2D eigenvalue weighted by Crippen LogP contribution is -2.41. The molecule has 2 N–H and O–H groups in total. The number of hydrogen-bond donors (Lipinski definition) is 2. The van der Waals surface area contributed by atoms with Crippen LogP contribution in [-0.4, -0.2) is 25.3 Å². The van der Waals surface area contributed by atoms with E-state index in [1.807, 2.05) is 12.1 Å². The summed E-state index contributed by atoms with van der Waals surface area (Å²) < 4.78 is 11.1. The van der Waals surface area contributed by atoms with E-state index in [2.05, 4.69) is 16.7 Å². The molecular formula is C21H23N3O3. The Kier molecular flexibility index (Phi) is 6.16. The molecule has 1 saturated carbocycles. The van der Waals surface area contributed by atoms with E-state index in [1.165, 1.54) is 0 Å². The standard InChI is InChI=1S/C21H23N3O3/c1-26-18-10-4-16(5-11-18)23-21(25)24-17-6-12-20(13-7-17)27-19-8-2-15(14-22)3-9-19/h2-5,8-11,17,20H,6-7,12-13H2,1H3,(H2,23,24,25). The molecule has 0 unspecified atom stereocenters. The molecule has 1 fully saturated rings. The number of ether oxygens (including phenoxy) is 2. The molecule has 1 aliphatic rings. The third-order valence-electron chi connectivity index (χ3n) is 4.64. The molecule has 2 aromatic carbocycles. The fourth-order valence-corrected chi connectivity index (χ4v) is 3.15. The molecule has 1 aliphatic carbocycles. The van der Waals surface area contributed by atoms with Crippen molar-refractivity contribution in [3.8, 4) is 17.6 Å². The fraction of sp³-hybridized carbons (Fsp3) is 0.333. The molecular weight excluding hydrogens is 342 g/mol. The number of methoxy groups -OCH3 is 1. The molecule has 3 rings (SSSR count). The number of urea groups is 1. The summed E-state index contributed by atoms with van der Waals surface area (Å²) in [6.45, 7) is 0. The number of carbonyl (C=O) groups is 1. The van der Waals surface area contributed by atoms with Gasteiger partial charge >= 0.3 is 6.03 Å². The van der Waals surface area contributed by atoms with Crippen LogP contribution in [0.25, 0.3) is 0 Å². The quantitative estimate of drug-likeness (QED) is 0.836. The Hall–Kier alpha value is -3.20. The second-order valence-corrected chi connectivity index (χ2v) is 6.55. The zero-order valence-electron chi connectivity index (χ0n) is 15.3. The minimum absolute atomic E-state index is 0.139. The van der Waals surface area contributed by atoms with E-state index < -0.39 is 0 Å². The third-order valence-corrected chi connectivity index (χ3v) is 4.64. The van der Waals surface area contributed by atoms with Crippen LogP contribution in [0.1, 0.15) is 31.2 Å². The van der Waals surface area contributed by atoms with Gasteiger partial charge in [-0.1, -0.05) is 0 Å². The fourth-order valence-electron chi connectivity index (χ4n) is 3.15. The van der Waals surface area contributed by atoms with Crippen molar-refractivity contribution in [2.45, 2.75) is 37.8 Å². The highest BCUT2D eigenvalue weighted by Crippen LogP contribution is 2.24. The van der Waals surface area contributed by atoms with Crippen LogP contribution in [0, 0.1) is 11.3 Å². The van der Waals surface area contributed by atoms with Crippen LogP contribution in [0.2, 0.25) is 0 Å². The number of nitriles is 1. The molecule has 2 aromatic rings. The summed E-state index contributed by atoms with van der Waals surface area (Å²) in [6.07, 6.45) is 3.65. The second kappa shape index (κ2) is 8.95. The predicted molar refractivity (Wildman–Crippen MR) is 103 cm³/mol. The van der Waals surface area contributed by atoms with Crippen LogP contribution in [0.15, 0.2) is 48.5 Å². The minimum Gasteiger partial charge on any atom is -0.497 e. The number of hydrogen-bond acceptors (Lipinski definition) is 4. The van der Waals surface area contributed by atoms with E-state index >= 15 is 0 Å². The van der Waals surface area contributed by atoms with Gasteiger partial charge in [-0.15, -0.1) is 0 Å². The van der Waals surface area contributed by atoms with Crippen LogP contribution in [0.5, 0.6) is 11.5 Å². The number of anilines is 1. The average molecular weight is 365 g/mol. The molecule has 0 bridgehead atoms. The summed E-state index contributed by atoms with van der Waals surface area (Å²) in [5.41, 5.74) is 1.35. The SMILES string of the molecule is COc1ccc(NC(=O)NC2CCC(Oc3ccc(C#N)cc3)CC2)cc1. The first kappa shape index (κ1) is 18.6. The molecule has 0 spiro atoms. The molecule has 0 atom stereocenters. The van der Waals surface area contributed by atoms with Crippen molar-refractivity contribution in [1.29, 1.82) is 5.26 Å². The van der Waals surface area contributed by atoms with Gasteiger partial charge < -0.3 is 20.1 Å². The normalized spacial score (nSPS) is 18.8. The van der Waals surface area contributed by atoms with Crippen LogP contribution in [-0.2, 0) is 0 Å². The molecule has 140 valence electrons. The zero-order chi connectivity index (χ0) is 19.1. The summed E-state index contributed by atoms with van der Waals surface area (Å²) >= 11 is 0. The largest absolute Gasteiger partial charge is 0.497 e. The van der Waals surface area contributed by atoms with Crippen LogP contribution >= 0.6 is 0 Å². The Labute approximate surface area is 159 Å². The number of nitrogens with one attached hydrogen (secondary N) is 2. The Balaban J connectivity index is 1.41. The average Bonchev–Trinajstić information content (AvgIpc) is 2.70. The summed E-state index contributed by atoms with van der Waals surface area (Å²) in [5, 5.41) is 14.7. The number of nitrogens with zero attached hydrogens (tertiary/aromatic N) is 1. The van der Waals surface area contributed by atoms with Crippen LogP contribution in [0.3, 0.4) is 0 Å². The van der Waals surface area contributed by atoms with Crippen molar-refractivity contribution in [1.82, 2.24) is 5.32 Å². The van der Waals surface area contributed by atoms with E-state index in [4.69, 9.17) is 14.7 Å². The molecule has 0 aromatic heterocycles. The molecule has 2 amide bonds. The van der Waals surface area contributed by atoms with Crippen molar-refractivity contribution in [2.24, 2.45) is 0 Å². The molecule has 6 nitrogen and oxygen atoms in total. The van der Waals surface area contributed by atoms with Gasteiger partial charge in [-0.25, -0.2) is 4.79 Å². The number of amides is 2. The van der Waals surface area contributed by atoms with Crippen LogP contribution in [0.4, 0.5) is 10.5 Å². The minimum atomic E-state index is -0.198. The maximum atomic E-state index is 12.2. The predicted octanol–water partition coefficient (Wildman–Crippen LogP) is 4.08. The van der Waals surface area contributed by atoms with E-state index in [9.17, 15) is 4.79 Å². The smallest absolute Gasteiger partial charge is 0.319 e. The zero-order valence-corrected chi connectivity index (χ0v) is 15.3. The van der Waals surface area contributed by atoms with E-state index in [1.54, 1.807) is 43.5 Å². The van der Waals surface area contributed by atoms with E-state index in [-0.39, 0.29) is 18.2 Å². The van der Waals surface area contributed by atoms with E-state index in [0.29, 0.717) is 5.56 Å². The Morgan fingerprint density at radius 3 is 2.22 bits per heavy atom. The topological polar surface area (TPSA) is 83.4 Å². The monoisotopic (exact) mass is 365 g/mol. The van der Waals surface area contributed by atoms with Gasteiger partial charge in [0.1, 0.15) is 11.5 Å². The second-order valence-electron chi connectivity index (χ2n) is 6.55. The summed E-state index contributed by atoms with van der Waals surface area (Å²) in [7, 11) is 1.61. The van der Waals surface area contributed by atoms with E-state index in [0.717, 1.165) is 42.9 Å². The number of carbonyl (C=O) groups excluding carboxylic acids is 1. The lowest BCUT2D eigenvalue weighted by atomic mass is 9.93. The van der Waals surface area contributed by atoms with Gasteiger partial charge in [0.15, 0.2) is 0 Å². The highest BCUT2D eigenvalue weighted by atomic mass is 16.5. The number of benzene rings is 2. The molecule has 27 heavy (non-hydrogen) atoms. The van der Waals surface area contributed by atoms with Crippen molar-refractivity contribution < 1.29 is 14.3 Å². The van der Waals surface area contributed by atoms with Gasteiger partial charge in [-0.3, -0.25) is 0 Å².